The Morgan fingerprint density at radius 3 is 3.00 bits per heavy atom. The molecule has 0 aliphatic heterocycles. The van der Waals surface area contributed by atoms with E-state index < -0.39 is 5.54 Å². The molecule has 2 nitrogen and oxygen atoms in total. The van der Waals surface area contributed by atoms with Gasteiger partial charge in [0.2, 0.25) is 0 Å². The molecule has 1 saturated carbocycles. The third kappa shape index (κ3) is 3.66. The lowest BCUT2D eigenvalue weighted by atomic mass is 9.88. The molecule has 1 aromatic rings. The number of rotatable bonds is 5. The molecule has 0 bridgehead atoms. The van der Waals surface area contributed by atoms with Crippen LogP contribution in [0.1, 0.15) is 31.2 Å². The number of nitrogens with two attached hydrogens (primary N) is 1. The highest BCUT2D eigenvalue weighted by Crippen LogP contribution is 2.36. The zero-order chi connectivity index (χ0) is 13.7. The average molecular weight is 295 g/mol. The summed E-state index contributed by atoms with van der Waals surface area (Å²) in [5.74, 6) is 2.32. The molecular formula is C15H19ClN2S. The molecule has 1 aliphatic rings. The smallest absolute Gasteiger partial charge is 0.107 e. The minimum Gasteiger partial charge on any atom is -0.313 e. The first-order valence-corrected chi connectivity index (χ1v) is 8.20. The summed E-state index contributed by atoms with van der Waals surface area (Å²) in [7, 11) is 0. The Kier molecular flexibility index (Phi) is 5.15. The minimum absolute atomic E-state index is 0.358. The molecule has 1 aliphatic carbocycles. The molecule has 0 spiro atoms. The average Bonchev–Trinajstić information content (AvgIpc) is 2.79. The second-order valence-corrected chi connectivity index (χ2v) is 6.69. The van der Waals surface area contributed by atoms with Crippen molar-refractivity contribution in [3.8, 4) is 6.07 Å². The molecule has 2 rings (SSSR count). The molecule has 0 heterocycles. The summed E-state index contributed by atoms with van der Waals surface area (Å²) >= 11 is 7.99. The maximum absolute atomic E-state index is 9.17. The number of thioether (sulfide) groups is 1. The first-order chi connectivity index (χ1) is 9.15. The maximum Gasteiger partial charge on any atom is 0.107 e. The number of benzene rings is 1. The normalized spacial score (nSPS) is 26.3. The van der Waals surface area contributed by atoms with Crippen molar-refractivity contribution in [3.05, 3.63) is 34.9 Å². The van der Waals surface area contributed by atoms with Crippen molar-refractivity contribution in [2.75, 3.05) is 5.75 Å². The van der Waals surface area contributed by atoms with Crippen LogP contribution >= 0.6 is 23.4 Å². The monoisotopic (exact) mass is 294 g/mol. The van der Waals surface area contributed by atoms with Crippen LogP contribution in [0.5, 0.6) is 0 Å². The summed E-state index contributed by atoms with van der Waals surface area (Å²) in [6.45, 7) is 0. The van der Waals surface area contributed by atoms with Crippen LogP contribution in [-0.2, 0) is 5.75 Å². The molecule has 2 N–H and O–H groups in total. The molecule has 4 heteroatoms. The molecule has 2 atom stereocenters. The number of nitrogens with zero attached hydrogens (tertiary/aromatic N) is 1. The van der Waals surface area contributed by atoms with Gasteiger partial charge in [-0.2, -0.15) is 17.0 Å². The van der Waals surface area contributed by atoms with E-state index >= 15 is 0 Å². The Balaban J connectivity index is 1.76. The zero-order valence-electron chi connectivity index (χ0n) is 10.9. The second-order valence-electron chi connectivity index (χ2n) is 5.17. The van der Waals surface area contributed by atoms with Crippen LogP contribution in [0.15, 0.2) is 24.3 Å². The van der Waals surface area contributed by atoms with Gasteiger partial charge in [0.15, 0.2) is 0 Å². The minimum atomic E-state index is -0.578. The van der Waals surface area contributed by atoms with E-state index in [0.717, 1.165) is 42.2 Å². The van der Waals surface area contributed by atoms with Gasteiger partial charge >= 0.3 is 0 Å². The van der Waals surface area contributed by atoms with Crippen molar-refractivity contribution in [2.45, 2.75) is 37.0 Å². The maximum atomic E-state index is 9.17. The third-order valence-electron chi connectivity index (χ3n) is 3.91. The highest BCUT2D eigenvalue weighted by Gasteiger charge is 2.39. The van der Waals surface area contributed by atoms with Gasteiger partial charge in [-0.05, 0) is 42.6 Å². The van der Waals surface area contributed by atoms with Gasteiger partial charge in [0.25, 0.3) is 0 Å². The molecule has 0 radical (unpaired) electrons. The fraction of sp³-hybridized carbons (Fsp3) is 0.533. The SMILES string of the molecule is N#CC1(N)CCCC1CCSCc1ccccc1Cl. The van der Waals surface area contributed by atoms with E-state index in [1.807, 2.05) is 30.0 Å². The Hall–Kier alpha value is -0.690. The lowest BCUT2D eigenvalue weighted by Crippen LogP contribution is -2.41. The van der Waals surface area contributed by atoms with Crippen molar-refractivity contribution in [2.24, 2.45) is 11.7 Å². The van der Waals surface area contributed by atoms with Crippen LogP contribution < -0.4 is 5.73 Å². The summed E-state index contributed by atoms with van der Waals surface area (Å²) in [5.41, 5.74) is 6.73. The van der Waals surface area contributed by atoms with E-state index in [1.54, 1.807) is 0 Å². The van der Waals surface area contributed by atoms with Crippen LogP contribution in [0.25, 0.3) is 0 Å². The lowest BCUT2D eigenvalue weighted by molar-refractivity contribution is 0.389. The fourth-order valence-corrected chi connectivity index (χ4v) is 4.02. The topological polar surface area (TPSA) is 49.8 Å². The first-order valence-electron chi connectivity index (χ1n) is 6.67. The van der Waals surface area contributed by atoms with E-state index in [4.69, 9.17) is 22.6 Å². The summed E-state index contributed by atoms with van der Waals surface area (Å²) < 4.78 is 0. The van der Waals surface area contributed by atoms with E-state index in [2.05, 4.69) is 12.1 Å². The zero-order valence-corrected chi connectivity index (χ0v) is 12.5. The molecular weight excluding hydrogens is 276 g/mol. The van der Waals surface area contributed by atoms with E-state index in [9.17, 15) is 0 Å². The number of hydrogen-bond acceptors (Lipinski definition) is 3. The van der Waals surface area contributed by atoms with Crippen molar-refractivity contribution >= 4 is 23.4 Å². The molecule has 1 aromatic carbocycles. The van der Waals surface area contributed by atoms with Gasteiger partial charge in [0.05, 0.1) is 6.07 Å². The van der Waals surface area contributed by atoms with Crippen molar-refractivity contribution in [1.82, 2.24) is 0 Å². The predicted molar refractivity (Wildman–Crippen MR) is 82.1 cm³/mol. The summed E-state index contributed by atoms with van der Waals surface area (Å²) in [6.07, 6.45) is 4.06. The molecule has 0 aromatic heterocycles. The van der Waals surface area contributed by atoms with Crippen molar-refractivity contribution in [1.29, 1.82) is 5.26 Å². The van der Waals surface area contributed by atoms with Crippen LogP contribution in [0.4, 0.5) is 0 Å². The second kappa shape index (κ2) is 6.65. The van der Waals surface area contributed by atoms with Crippen LogP contribution in [0.2, 0.25) is 5.02 Å². The summed E-state index contributed by atoms with van der Waals surface area (Å²) in [4.78, 5) is 0. The molecule has 102 valence electrons. The van der Waals surface area contributed by atoms with Crippen molar-refractivity contribution < 1.29 is 0 Å². The van der Waals surface area contributed by atoms with Gasteiger partial charge in [-0.1, -0.05) is 36.2 Å². The Morgan fingerprint density at radius 1 is 1.47 bits per heavy atom. The summed E-state index contributed by atoms with van der Waals surface area (Å²) in [5, 5.41) is 10.0. The van der Waals surface area contributed by atoms with Gasteiger partial charge in [0, 0.05) is 10.8 Å². The molecule has 1 fully saturated rings. The van der Waals surface area contributed by atoms with Crippen molar-refractivity contribution in [3.63, 3.8) is 0 Å². The molecule has 0 amide bonds. The number of hydrogen-bond donors (Lipinski definition) is 1. The van der Waals surface area contributed by atoms with Gasteiger partial charge in [0.1, 0.15) is 5.54 Å². The largest absolute Gasteiger partial charge is 0.313 e. The lowest BCUT2D eigenvalue weighted by Gasteiger charge is -2.23. The van der Waals surface area contributed by atoms with E-state index in [1.165, 1.54) is 5.56 Å². The van der Waals surface area contributed by atoms with E-state index in [0.29, 0.717) is 5.92 Å². The van der Waals surface area contributed by atoms with Crippen LogP contribution in [0.3, 0.4) is 0 Å². The predicted octanol–water partition coefficient (Wildman–Crippen LogP) is 3.98. The van der Waals surface area contributed by atoms with Crippen LogP contribution in [-0.4, -0.2) is 11.3 Å². The number of halogens is 1. The quantitative estimate of drug-likeness (QED) is 0.836. The van der Waals surface area contributed by atoms with Gasteiger partial charge < -0.3 is 5.73 Å². The highest BCUT2D eigenvalue weighted by atomic mass is 35.5. The standard InChI is InChI=1S/C15H19ClN2S/c16-14-6-2-1-4-12(14)10-19-9-7-13-5-3-8-15(13,18)11-17/h1-2,4,6,13H,3,5,7-10,18H2. The Morgan fingerprint density at radius 2 is 2.26 bits per heavy atom. The fourth-order valence-electron chi connectivity index (χ4n) is 2.67. The van der Waals surface area contributed by atoms with Gasteiger partial charge in [-0.15, -0.1) is 0 Å². The first kappa shape index (κ1) is 14.7. The molecule has 2 unspecified atom stereocenters. The van der Waals surface area contributed by atoms with Crippen LogP contribution in [0, 0.1) is 17.2 Å². The van der Waals surface area contributed by atoms with E-state index in [-0.39, 0.29) is 0 Å². The Bertz CT molecular complexity index is 471. The highest BCUT2D eigenvalue weighted by molar-refractivity contribution is 7.98. The summed E-state index contributed by atoms with van der Waals surface area (Å²) in [6, 6.07) is 10.3. The number of nitriles is 1. The van der Waals surface area contributed by atoms with Gasteiger partial charge in [-0.3, -0.25) is 0 Å². The Labute approximate surface area is 124 Å². The van der Waals surface area contributed by atoms with Gasteiger partial charge in [-0.25, -0.2) is 0 Å². The molecule has 0 saturated heterocycles. The molecule has 19 heavy (non-hydrogen) atoms. The third-order valence-corrected chi connectivity index (χ3v) is 5.31.